The van der Waals surface area contributed by atoms with Crippen LogP contribution in [-0.2, 0) is 25.7 Å². The summed E-state index contributed by atoms with van der Waals surface area (Å²) in [5.41, 5.74) is -0.0919. The lowest BCUT2D eigenvalue weighted by Gasteiger charge is -2.29. The highest BCUT2D eigenvalue weighted by Crippen LogP contribution is 2.38. The van der Waals surface area contributed by atoms with E-state index in [0.717, 1.165) is 55.4 Å². The van der Waals surface area contributed by atoms with E-state index >= 15 is 0 Å². The topological polar surface area (TPSA) is 114 Å². The molecule has 1 fully saturated rings. The molecule has 2 aromatic carbocycles. The zero-order chi connectivity index (χ0) is 38.1. The van der Waals surface area contributed by atoms with Gasteiger partial charge in [0.15, 0.2) is 11.8 Å². The van der Waals surface area contributed by atoms with Gasteiger partial charge in [-0.25, -0.2) is 9.69 Å². The minimum atomic E-state index is -1.78. The van der Waals surface area contributed by atoms with E-state index in [9.17, 15) is 19.2 Å². The maximum atomic E-state index is 14.4. The molecule has 3 rings (SSSR count). The van der Waals surface area contributed by atoms with Crippen molar-refractivity contribution in [3.63, 3.8) is 0 Å². The van der Waals surface area contributed by atoms with E-state index in [-0.39, 0.29) is 18.8 Å². The van der Waals surface area contributed by atoms with Crippen molar-refractivity contribution in [2.24, 2.45) is 5.41 Å². The quantitative estimate of drug-likeness (QED) is 0.0648. The monoisotopic (exact) mass is 741 g/mol. The number of imide groups is 1. The second kappa shape index (κ2) is 21.8. The van der Waals surface area contributed by atoms with E-state index in [1.165, 1.54) is 37.0 Å². The van der Waals surface area contributed by atoms with Crippen LogP contribution in [-0.4, -0.2) is 65.5 Å². The number of hydrogen-bond acceptors (Lipinski definition) is 7. The number of ketones is 1. The van der Waals surface area contributed by atoms with Crippen molar-refractivity contribution in [2.75, 3.05) is 25.1 Å². The molecule has 0 aliphatic carbocycles. The number of Topliss-reactive ketones (excluding diaryl/α,β-unsaturated/α-hetero) is 1. The molecule has 2 atom stereocenters. The van der Waals surface area contributed by atoms with Crippen LogP contribution in [0.5, 0.6) is 11.5 Å². The van der Waals surface area contributed by atoms with Gasteiger partial charge in [0.2, 0.25) is 6.23 Å². The SMILES string of the molecule is CCCCCCCCOc1cc(NC(=O)C(C(=O)C(C)(C)C)N2C(=O)C(OCC)N(Cc3ccccc3)C2=O)c(OCCCCCCCC)cc1Cl. The number of ether oxygens (including phenoxy) is 3. The highest BCUT2D eigenvalue weighted by molar-refractivity contribution is 6.32. The van der Waals surface area contributed by atoms with E-state index in [0.29, 0.717) is 29.7 Å². The van der Waals surface area contributed by atoms with E-state index < -0.39 is 41.3 Å². The maximum absolute atomic E-state index is 14.4. The summed E-state index contributed by atoms with van der Waals surface area (Å²) in [5, 5.41) is 3.15. The van der Waals surface area contributed by atoms with Crippen molar-refractivity contribution in [1.82, 2.24) is 9.80 Å². The molecule has 0 saturated carbocycles. The average molecular weight is 742 g/mol. The molecule has 0 bridgehead atoms. The van der Waals surface area contributed by atoms with Crippen LogP contribution in [0.15, 0.2) is 42.5 Å². The first kappa shape index (κ1) is 42.8. The third-order valence-electron chi connectivity index (χ3n) is 9.00. The van der Waals surface area contributed by atoms with Crippen LogP contribution in [0.25, 0.3) is 0 Å². The van der Waals surface area contributed by atoms with Gasteiger partial charge >= 0.3 is 6.03 Å². The lowest BCUT2D eigenvalue weighted by atomic mass is 9.85. The average Bonchev–Trinajstić information content (AvgIpc) is 3.33. The normalized spacial score (nSPS) is 15.2. The fourth-order valence-electron chi connectivity index (χ4n) is 6.03. The van der Waals surface area contributed by atoms with Gasteiger partial charge in [0.05, 0.1) is 30.5 Å². The van der Waals surface area contributed by atoms with E-state index in [2.05, 4.69) is 19.2 Å². The van der Waals surface area contributed by atoms with Gasteiger partial charge in [0.1, 0.15) is 11.5 Å². The van der Waals surface area contributed by atoms with Gasteiger partial charge in [0, 0.05) is 24.2 Å². The highest BCUT2D eigenvalue weighted by atomic mass is 35.5. The zero-order valence-electron chi connectivity index (χ0n) is 32.1. The Morgan fingerprint density at radius 3 is 1.92 bits per heavy atom. The third-order valence-corrected chi connectivity index (χ3v) is 9.30. The summed E-state index contributed by atoms with van der Waals surface area (Å²) in [4.78, 5) is 58.4. The number of rotatable bonds is 24. The van der Waals surface area contributed by atoms with Gasteiger partial charge in [-0.15, -0.1) is 0 Å². The number of halogens is 1. The van der Waals surface area contributed by atoms with Crippen LogP contribution in [0.2, 0.25) is 5.02 Å². The molecule has 2 unspecified atom stereocenters. The minimum absolute atomic E-state index is 0.0531. The summed E-state index contributed by atoms with van der Waals surface area (Å²) in [6, 6.07) is 9.78. The minimum Gasteiger partial charge on any atom is -0.492 e. The molecule has 11 heteroatoms. The summed E-state index contributed by atoms with van der Waals surface area (Å²) >= 11 is 6.67. The third kappa shape index (κ3) is 12.5. The molecular weight excluding hydrogens is 682 g/mol. The number of unbranched alkanes of at least 4 members (excludes halogenated alkanes) is 10. The number of benzene rings is 2. The zero-order valence-corrected chi connectivity index (χ0v) is 32.9. The second-order valence-electron chi connectivity index (χ2n) is 14.4. The summed E-state index contributed by atoms with van der Waals surface area (Å²) in [6.45, 7) is 12.0. The number of anilines is 1. The highest BCUT2D eigenvalue weighted by Gasteiger charge is 2.54. The van der Waals surface area contributed by atoms with E-state index in [1.54, 1.807) is 39.8 Å². The van der Waals surface area contributed by atoms with E-state index in [4.69, 9.17) is 25.8 Å². The Bertz CT molecular complexity index is 1450. The Morgan fingerprint density at radius 1 is 0.808 bits per heavy atom. The van der Waals surface area contributed by atoms with Crippen LogP contribution < -0.4 is 14.8 Å². The Kier molecular flexibility index (Phi) is 17.9. The van der Waals surface area contributed by atoms with E-state index in [1.807, 2.05) is 30.3 Å². The molecule has 0 aromatic heterocycles. The summed E-state index contributed by atoms with van der Waals surface area (Å²) in [5.74, 6) is -1.58. The number of urea groups is 1. The van der Waals surface area contributed by atoms with Crippen molar-refractivity contribution in [1.29, 1.82) is 0 Å². The van der Waals surface area contributed by atoms with Gasteiger partial charge in [-0.05, 0) is 25.3 Å². The lowest BCUT2D eigenvalue weighted by molar-refractivity contribution is -0.149. The molecule has 1 aliphatic rings. The van der Waals surface area contributed by atoms with Gasteiger partial charge < -0.3 is 19.5 Å². The number of nitrogens with one attached hydrogen (secondary N) is 1. The number of nitrogens with zero attached hydrogens (tertiary/aromatic N) is 2. The predicted octanol–water partition coefficient (Wildman–Crippen LogP) is 9.57. The molecule has 4 amide bonds. The molecular formula is C41H60ClN3O7. The summed E-state index contributed by atoms with van der Waals surface area (Å²) < 4.78 is 18.0. The van der Waals surface area contributed by atoms with Crippen LogP contribution in [0.1, 0.15) is 124 Å². The molecule has 0 spiro atoms. The van der Waals surface area contributed by atoms with Crippen molar-refractivity contribution in [3.8, 4) is 11.5 Å². The molecule has 52 heavy (non-hydrogen) atoms. The van der Waals surface area contributed by atoms with Gasteiger partial charge in [-0.3, -0.25) is 19.3 Å². The molecule has 1 N–H and O–H groups in total. The van der Waals surface area contributed by atoms with Crippen molar-refractivity contribution < 1.29 is 33.4 Å². The van der Waals surface area contributed by atoms with Crippen LogP contribution in [0.4, 0.5) is 10.5 Å². The molecule has 1 saturated heterocycles. The smallest absolute Gasteiger partial charge is 0.330 e. The van der Waals surface area contributed by atoms with Crippen LogP contribution in [0.3, 0.4) is 0 Å². The predicted molar refractivity (Wildman–Crippen MR) is 206 cm³/mol. The number of carbonyl (C=O) groups is 4. The van der Waals surface area contributed by atoms with Crippen molar-refractivity contribution in [3.05, 3.63) is 53.1 Å². The lowest BCUT2D eigenvalue weighted by Crippen LogP contribution is -2.55. The first-order valence-electron chi connectivity index (χ1n) is 19.2. The van der Waals surface area contributed by atoms with Gasteiger partial charge in [-0.1, -0.05) is 141 Å². The van der Waals surface area contributed by atoms with Crippen LogP contribution >= 0.6 is 11.6 Å². The number of amides is 4. The van der Waals surface area contributed by atoms with Crippen molar-refractivity contribution in [2.45, 2.75) is 137 Å². The Labute approximate surface area is 315 Å². The van der Waals surface area contributed by atoms with Crippen molar-refractivity contribution >= 4 is 40.9 Å². The Balaban J connectivity index is 1.92. The molecule has 2 aromatic rings. The number of hydrogen-bond donors (Lipinski definition) is 1. The summed E-state index contributed by atoms with van der Waals surface area (Å²) in [7, 11) is 0. The Hall–Kier alpha value is -3.63. The van der Waals surface area contributed by atoms with Crippen LogP contribution in [0, 0.1) is 5.41 Å². The first-order valence-corrected chi connectivity index (χ1v) is 19.6. The van der Waals surface area contributed by atoms with Gasteiger partial charge in [0.25, 0.3) is 11.8 Å². The molecule has 288 valence electrons. The molecule has 1 heterocycles. The van der Waals surface area contributed by atoms with Gasteiger partial charge in [-0.2, -0.15) is 0 Å². The summed E-state index contributed by atoms with van der Waals surface area (Å²) in [6.07, 6.45) is 11.7. The maximum Gasteiger partial charge on any atom is 0.330 e. The first-order chi connectivity index (χ1) is 24.9. The fourth-order valence-corrected chi connectivity index (χ4v) is 6.24. The number of carbonyl (C=O) groups excluding carboxylic acids is 4. The second-order valence-corrected chi connectivity index (χ2v) is 14.8. The molecule has 1 aliphatic heterocycles. The Morgan fingerprint density at radius 2 is 1.37 bits per heavy atom. The fraction of sp³-hybridized carbons (Fsp3) is 0.610. The molecule has 0 radical (unpaired) electrons. The molecule has 10 nitrogen and oxygen atoms in total. The standard InChI is InChI=1S/C41H60ClN3O7/c1-7-10-12-14-16-21-25-51-33-28-32(34(27-31(33)42)52-26-22-17-15-13-11-8-2)43-37(47)35(36(46)41(4,5)6)45-38(48)39(50-9-3)44(40(45)49)29-30-23-19-18-20-24-30/h18-20,23-24,27-28,35,39H,7-17,21-22,25-26,29H2,1-6H3,(H,43,47). The largest absolute Gasteiger partial charge is 0.492 e.